The van der Waals surface area contributed by atoms with E-state index >= 15 is 0 Å². The van der Waals surface area contributed by atoms with Gasteiger partial charge in [0.15, 0.2) is 5.78 Å². The molecule has 0 aliphatic heterocycles. The molecule has 7 nitrogen and oxygen atoms in total. The van der Waals surface area contributed by atoms with E-state index in [0.717, 1.165) is 27.8 Å². The molecule has 2 bridgehead atoms. The summed E-state index contributed by atoms with van der Waals surface area (Å²) in [4.78, 5) is 29.9. The van der Waals surface area contributed by atoms with E-state index in [0.29, 0.717) is 61.6 Å². The Bertz CT molecular complexity index is 2030. The van der Waals surface area contributed by atoms with Gasteiger partial charge in [-0.15, -0.1) is 13.2 Å². The fourth-order valence-corrected chi connectivity index (χ4v) is 8.62. The second-order valence-electron chi connectivity index (χ2n) is 15.4. The maximum atomic E-state index is 14.9. The highest BCUT2D eigenvalue weighted by molar-refractivity contribution is 6.13. The minimum atomic E-state index is -4.84. The van der Waals surface area contributed by atoms with Crippen molar-refractivity contribution in [2.24, 2.45) is 5.41 Å². The van der Waals surface area contributed by atoms with Crippen LogP contribution >= 0.6 is 0 Å². The van der Waals surface area contributed by atoms with Crippen molar-refractivity contribution in [3.63, 3.8) is 0 Å². The summed E-state index contributed by atoms with van der Waals surface area (Å²) in [5, 5.41) is 24.0. The van der Waals surface area contributed by atoms with Crippen molar-refractivity contribution in [2.45, 2.75) is 96.2 Å². The summed E-state index contributed by atoms with van der Waals surface area (Å²) in [6.45, 7) is 5.73. The van der Waals surface area contributed by atoms with E-state index in [1.807, 2.05) is 86.6 Å². The number of carbonyl (C=O) groups excluding carboxylic acids is 2. The van der Waals surface area contributed by atoms with Gasteiger partial charge in [-0.25, -0.2) is 4.79 Å². The lowest BCUT2D eigenvalue weighted by Crippen LogP contribution is -2.53. The lowest BCUT2D eigenvalue weighted by molar-refractivity contribution is -0.274. The molecule has 2 N–H and O–H groups in total. The Hall–Kier alpha value is -4.93. The van der Waals surface area contributed by atoms with Crippen molar-refractivity contribution in [3.05, 3.63) is 137 Å². The number of ether oxygens (including phenoxy) is 2. The van der Waals surface area contributed by atoms with Crippen LogP contribution in [0.1, 0.15) is 97.8 Å². The second kappa shape index (κ2) is 17.1. The molecule has 56 heavy (non-hydrogen) atoms. The number of ketones is 1. The van der Waals surface area contributed by atoms with E-state index in [1.54, 1.807) is 6.92 Å². The third kappa shape index (κ3) is 9.19. The molecule has 296 valence electrons. The zero-order valence-corrected chi connectivity index (χ0v) is 32.1. The van der Waals surface area contributed by atoms with Gasteiger partial charge >= 0.3 is 12.5 Å². The van der Waals surface area contributed by atoms with Crippen LogP contribution in [0.5, 0.6) is 5.75 Å². The van der Waals surface area contributed by atoms with Gasteiger partial charge in [-0.3, -0.25) is 4.79 Å². The maximum Gasteiger partial charge on any atom is 0.573 e. The van der Waals surface area contributed by atoms with E-state index in [4.69, 9.17) is 4.74 Å². The molecular weight excluding hydrogens is 720 g/mol. The van der Waals surface area contributed by atoms with Crippen LogP contribution in [0.3, 0.4) is 0 Å². The van der Waals surface area contributed by atoms with E-state index < -0.39 is 29.6 Å². The van der Waals surface area contributed by atoms with Crippen molar-refractivity contribution in [2.75, 3.05) is 13.2 Å². The molecule has 4 aromatic rings. The van der Waals surface area contributed by atoms with Crippen LogP contribution in [0.25, 0.3) is 11.1 Å². The number of alkyl halides is 3. The molecule has 3 aliphatic carbocycles. The summed E-state index contributed by atoms with van der Waals surface area (Å²) >= 11 is 0. The zero-order chi connectivity index (χ0) is 40.1. The highest BCUT2D eigenvalue weighted by atomic mass is 19.4. The van der Waals surface area contributed by atoms with E-state index in [9.17, 15) is 33.0 Å². The molecule has 0 radical (unpaired) electrons. The van der Waals surface area contributed by atoms with E-state index in [1.165, 1.54) is 29.2 Å². The first-order valence-electron chi connectivity index (χ1n) is 19.3. The SMILES string of the molecule is CCOC(=O)N(Cc1ccc(OC(F)(F)F)cc1)CC1(O)CCC2c3ccc(cc3C(=O)c3ccccc3-c3ccccc3)CC(O)CCC(C)=CCCC21C. The maximum absolute atomic E-state index is 14.9. The van der Waals surface area contributed by atoms with Crippen LogP contribution in [0, 0.1) is 5.41 Å². The van der Waals surface area contributed by atoms with Crippen molar-refractivity contribution in [1.82, 2.24) is 4.90 Å². The molecule has 4 atom stereocenters. The third-order valence-electron chi connectivity index (χ3n) is 11.7. The van der Waals surface area contributed by atoms with Crippen molar-refractivity contribution in [3.8, 4) is 16.9 Å². The van der Waals surface area contributed by atoms with E-state index in [-0.39, 0.29) is 37.1 Å². The summed E-state index contributed by atoms with van der Waals surface area (Å²) in [7, 11) is 0. The summed E-state index contributed by atoms with van der Waals surface area (Å²) in [5.41, 5.74) is 3.80. The molecule has 1 amide bonds. The summed E-state index contributed by atoms with van der Waals surface area (Å²) in [5.74, 6) is -0.828. The van der Waals surface area contributed by atoms with Crippen molar-refractivity contribution >= 4 is 11.9 Å². The number of fused-ring (bicyclic) bond motifs is 8. The molecule has 1 fully saturated rings. The first-order valence-corrected chi connectivity index (χ1v) is 19.3. The van der Waals surface area contributed by atoms with Gasteiger partial charge in [-0.1, -0.05) is 97.4 Å². The Kier molecular flexibility index (Phi) is 12.4. The normalized spacial score (nSPS) is 22.8. The molecule has 0 saturated heterocycles. The monoisotopic (exact) mass is 769 g/mol. The number of rotatable bonds is 9. The smallest absolute Gasteiger partial charge is 0.450 e. The zero-order valence-electron chi connectivity index (χ0n) is 32.1. The number of amides is 1. The largest absolute Gasteiger partial charge is 0.573 e. The van der Waals surface area contributed by atoms with Crippen LogP contribution in [0.2, 0.25) is 0 Å². The third-order valence-corrected chi connectivity index (χ3v) is 11.7. The van der Waals surface area contributed by atoms with Gasteiger partial charge in [0.25, 0.3) is 0 Å². The minimum absolute atomic E-state index is 0.0236. The van der Waals surface area contributed by atoms with Crippen LogP contribution in [-0.4, -0.2) is 58.2 Å². The number of benzene rings is 4. The highest BCUT2D eigenvalue weighted by Crippen LogP contribution is 2.59. The Labute approximate surface area is 326 Å². The number of nitrogens with zero attached hydrogens (tertiary/aromatic N) is 1. The average Bonchev–Trinajstić information content (AvgIpc) is 3.42. The molecule has 4 aromatic carbocycles. The van der Waals surface area contributed by atoms with E-state index in [2.05, 4.69) is 10.8 Å². The predicted molar refractivity (Wildman–Crippen MR) is 209 cm³/mol. The number of halogens is 3. The number of hydrogen-bond donors (Lipinski definition) is 2. The predicted octanol–water partition coefficient (Wildman–Crippen LogP) is 10.2. The van der Waals surface area contributed by atoms with Gasteiger partial charge in [0, 0.05) is 23.1 Å². The fourth-order valence-electron chi connectivity index (χ4n) is 8.62. The number of aliphatic hydroxyl groups is 2. The average molecular weight is 770 g/mol. The second-order valence-corrected chi connectivity index (χ2v) is 15.4. The van der Waals surface area contributed by atoms with Crippen LogP contribution in [-0.2, 0) is 17.7 Å². The van der Waals surface area contributed by atoms with Crippen LogP contribution in [0.15, 0.2) is 109 Å². The highest BCUT2D eigenvalue weighted by Gasteiger charge is 2.58. The fraction of sp³-hybridized carbons (Fsp3) is 0.391. The molecular formula is C46H50F3NO6. The Morgan fingerprint density at radius 3 is 2.34 bits per heavy atom. The Morgan fingerprint density at radius 2 is 1.62 bits per heavy atom. The van der Waals surface area contributed by atoms with Gasteiger partial charge < -0.3 is 24.6 Å². The Balaban J connectivity index is 1.42. The topological polar surface area (TPSA) is 96.3 Å². The quantitative estimate of drug-likeness (QED) is 0.130. The molecule has 1 saturated carbocycles. The first kappa shape index (κ1) is 40.7. The molecule has 0 heterocycles. The standard InChI is InChI=1S/C46H50F3NO6/c1-4-55-43(53)50(29-32-17-21-36(22-18-32)56-46(47,48)49)30-45(54)26-24-41-38-23-19-33(27-35(51)20-16-31(2)11-10-25-44(41,45)3)28-40(38)42(52)39-15-9-8-14-37(39)34-12-6-5-7-13-34/h5-9,11-15,17-19,21-23,28,35,41,51,54H,4,10,16,20,24-27,29-30H2,1-3H3. The summed E-state index contributed by atoms with van der Waals surface area (Å²) in [6, 6.07) is 28.5. The Morgan fingerprint density at radius 1 is 0.911 bits per heavy atom. The molecule has 4 unspecified atom stereocenters. The van der Waals surface area contributed by atoms with Crippen molar-refractivity contribution < 1.29 is 42.4 Å². The van der Waals surface area contributed by atoms with Crippen LogP contribution < -0.4 is 4.74 Å². The molecule has 7 rings (SSSR count). The van der Waals surface area contributed by atoms with Crippen LogP contribution in [0.4, 0.5) is 18.0 Å². The minimum Gasteiger partial charge on any atom is -0.450 e. The van der Waals surface area contributed by atoms with Gasteiger partial charge in [-0.05, 0) is 111 Å². The summed E-state index contributed by atoms with van der Waals surface area (Å²) < 4.78 is 48.0. The molecule has 10 heteroatoms. The lowest BCUT2D eigenvalue weighted by atomic mass is 9.64. The molecule has 0 aromatic heterocycles. The van der Waals surface area contributed by atoms with Gasteiger partial charge in [0.1, 0.15) is 5.75 Å². The first-order chi connectivity index (χ1) is 26.7. The number of hydrogen-bond acceptors (Lipinski definition) is 6. The number of carbonyl (C=O) groups is 2. The summed E-state index contributed by atoms with van der Waals surface area (Å²) in [6.07, 6.45) is -0.290. The molecule has 3 aliphatic rings. The van der Waals surface area contributed by atoms with Gasteiger partial charge in [0.2, 0.25) is 0 Å². The molecule has 0 spiro atoms. The number of aliphatic hydroxyl groups excluding tert-OH is 1. The lowest BCUT2D eigenvalue weighted by Gasteiger charge is -2.46. The van der Waals surface area contributed by atoms with Gasteiger partial charge in [0.05, 0.1) is 24.9 Å². The number of allylic oxidation sites excluding steroid dienone is 2. The van der Waals surface area contributed by atoms with Gasteiger partial charge in [-0.2, -0.15) is 0 Å². The van der Waals surface area contributed by atoms with Crippen molar-refractivity contribution in [1.29, 1.82) is 0 Å².